The van der Waals surface area contributed by atoms with Crippen molar-refractivity contribution in [3.8, 4) is 11.5 Å². The summed E-state index contributed by atoms with van der Waals surface area (Å²) in [7, 11) is 3.40. The number of benzene rings is 1. The van der Waals surface area contributed by atoms with Gasteiger partial charge in [0.2, 0.25) is 0 Å². The van der Waals surface area contributed by atoms with Crippen molar-refractivity contribution < 1.29 is 27.8 Å². The summed E-state index contributed by atoms with van der Waals surface area (Å²) in [4.78, 5) is 11.4. The number of carbonyl (C=O) groups is 1. The van der Waals surface area contributed by atoms with Crippen molar-refractivity contribution in [2.24, 2.45) is 0 Å². The van der Waals surface area contributed by atoms with Gasteiger partial charge >= 0.3 is 5.97 Å². The average Bonchev–Trinajstić information content (AvgIpc) is 2.27. The molecule has 6 heteroatoms. The van der Waals surface area contributed by atoms with Crippen molar-refractivity contribution in [1.82, 2.24) is 0 Å². The third-order valence-electron chi connectivity index (χ3n) is 1.94. The van der Waals surface area contributed by atoms with Gasteiger partial charge in [-0.15, -0.1) is 0 Å². The maximum absolute atomic E-state index is 13.3. The summed E-state index contributed by atoms with van der Waals surface area (Å²) in [6.07, 6.45) is 0. The summed E-state index contributed by atoms with van der Waals surface area (Å²) in [6.45, 7) is 0. The lowest BCUT2D eigenvalue weighted by Crippen LogP contribution is -2.09. The molecule has 88 valence electrons. The molecule has 1 aromatic rings. The van der Waals surface area contributed by atoms with Gasteiger partial charge in [-0.2, -0.15) is 0 Å². The van der Waals surface area contributed by atoms with E-state index in [0.717, 1.165) is 21.3 Å². The molecule has 0 radical (unpaired) electrons. The Hall–Kier alpha value is -1.85. The molecule has 0 saturated carbocycles. The molecule has 0 N–H and O–H groups in total. The van der Waals surface area contributed by atoms with E-state index in [1.165, 1.54) is 0 Å². The van der Waals surface area contributed by atoms with Gasteiger partial charge in [0.15, 0.2) is 23.1 Å². The van der Waals surface area contributed by atoms with E-state index >= 15 is 0 Å². The fourth-order valence-corrected chi connectivity index (χ4v) is 1.27. The smallest absolute Gasteiger partial charge is 0.345 e. The van der Waals surface area contributed by atoms with E-state index in [1.807, 2.05) is 0 Å². The second-order valence-electron chi connectivity index (χ2n) is 2.77. The molecule has 0 amide bonds. The van der Waals surface area contributed by atoms with Crippen LogP contribution in [0.3, 0.4) is 0 Å². The van der Waals surface area contributed by atoms with Crippen LogP contribution in [0.5, 0.6) is 11.5 Å². The Balaban J connectivity index is 3.55. The van der Waals surface area contributed by atoms with E-state index < -0.39 is 34.7 Å². The van der Waals surface area contributed by atoms with E-state index in [0.29, 0.717) is 6.07 Å². The molecule has 0 unspecified atom stereocenters. The first kappa shape index (κ1) is 12.2. The lowest BCUT2D eigenvalue weighted by atomic mass is 10.1. The Morgan fingerprint density at radius 3 is 1.81 bits per heavy atom. The summed E-state index contributed by atoms with van der Waals surface area (Å²) in [5, 5.41) is 0. The van der Waals surface area contributed by atoms with E-state index in [9.17, 15) is 13.6 Å². The standard InChI is InChI=1S/C10H10F2O4/c1-14-8-5(11)4-6(12)9(15-2)7(8)10(13)16-3/h4H,1-3H3. The van der Waals surface area contributed by atoms with Gasteiger partial charge in [0.05, 0.1) is 21.3 Å². The second-order valence-corrected chi connectivity index (χ2v) is 2.77. The molecule has 1 rings (SSSR count). The van der Waals surface area contributed by atoms with Crippen LogP contribution in [0.25, 0.3) is 0 Å². The maximum atomic E-state index is 13.3. The SMILES string of the molecule is COC(=O)c1c(OC)c(F)cc(F)c1OC. The number of esters is 1. The Labute approximate surface area is 90.7 Å². The quantitative estimate of drug-likeness (QED) is 0.745. The van der Waals surface area contributed by atoms with Gasteiger partial charge in [-0.1, -0.05) is 0 Å². The molecule has 0 aliphatic heterocycles. The van der Waals surface area contributed by atoms with Gasteiger partial charge in [0.25, 0.3) is 0 Å². The number of ether oxygens (including phenoxy) is 3. The highest BCUT2D eigenvalue weighted by atomic mass is 19.1. The van der Waals surface area contributed by atoms with E-state index in [4.69, 9.17) is 0 Å². The van der Waals surface area contributed by atoms with Gasteiger partial charge in [0.1, 0.15) is 5.56 Å². The number of rotatable bonds is 3. The van der Waals surface area contributed by atoms with Crippen LogP contribution in [0.15, 0.2) is 6.07 Å². The van der Waals surface area contributed by atoms with Gasteiger partial charge < -0.3 is 14.2 Å². The van der Waals surface area contributed by atoms with Crippen LogP contribution in [-0.2, 0) is 4.74 Å². The Kier molecular flexibility index (Phi) is 3.65. The molecular weight excluding hydrogens is 222 g/mol. The first-order valence-electron chi connectivity index (χ1n) is 4.25. The topological polar surface area (TPSA) is 44.8 Å². The monoisotopic (exact) mass is 232 g/mol. The predicted molar refractivity (Wildman–Crippen MR) is 50.8 cm³/mol. The Morgan fingerprint density at radius 2 is 1.50 bits per heavy atom. The first-order valence-corrected chi connectivity index (χ1v) is 4.25. The maximum Gasteiger partial charge on any atom is 0.345 e. The minimum Gasteiger partial charge on any atom is -0.493 e. The Morgan fingerprint density at radius 1 is 1.06 bits per heavy atom. The molecule has 0 aliphatic rings. The number of carbonyl (C=O) groups excluding carboxylic acids is 1. The third-order valence-corrected chi connectivity index (χ3v) is 1.94. The molecule has 0 spiro atoms. The van der Waals surface area contributed by atoms with Crippen LogP contribution in [0.2, 0.25) is 0 Å². The zero-order valence-electron chi connectivity index (χ0n) is 8.97. The summed E-state index contributed by atoms with van der Waals surface area (Å²) >= 11 is 0. The highest BCUT2D eigenvalue weighted by Gasteiger charge is 2.26. The average molecular weight is 232 g/mol. The van der Waals surface area contributed by atoms with Crippen molar-refractivity contribution in [1.29, 1.82) is 0 Å². The summed E-state index contributed by atoms with van der Waals surface area (Å²) in [5.74, 6) is -3.76. The molecule has 0 heterocycles. The summed E-state index contributed by atoms with van der Waals surface area (Å²) < 4.78 is 40.3. The lowest BCUT2D eigenvalue weighted by molar-refractivity contribution is 0.0591. The van der Waals surface area contributed by atoms with Crippen molar-refractivity contribution in [2.45, 2.75) is 0 Å². The molecular formula is C10H10F2O4. The lowest BCUT2D eigenvalue weighted by Gasteiger charge is -2.12. The van der Waals surface area contributed by atoms with Gasteiger partial charge in [-0.05, 0) is 0 Å². The predicted octanol–water partition coefficient (Wildman–Crippen LogP) is 1.77. The van der Waals surface area contributed by atoms with E-state index in [1.54, 1.807) is 0 Å². The molecule has 0 aromatic heterocycles. The van der Waals surface area contributed by atoms with Crippen molar-refractivity contribution in [3.05, 3.63) is 23.3 Å². The highest BCUT2D eigenvalue weighted by molar-refractivity contribution is 5.95. The normalized spacial score (nSPS) is 9.81. The van der Waals surface area contributed by atoms with Crippen LogP contribution >= 0.6 is 0 Å². The molecule has 0 atom stereocenters. The van der Waals surface area contributed by atoms with Crippen LogP contribution in [0.4, 0.5) is 8.78 Å². The minimum atomic E-state index is -0.999. The number of halogens is 2. The van der Waals surface area contributed by atoms with Gasteiger partial charge in [0, 0.05) is 6.07 Å². The van der Waals surface area contributed by atoms with Crippen molar-refractivity contribution in [2.75, 3.05) is 21.3 Å². The highest BCUT2D eigenvalue weighted by Crippen LogP contribution is 2.34. The van der Waals surface area contributed by atoms with Gasteiger partial charge in [-0.25, -0.2) is 13.6 Å². The third kappa shape index (κ3) is 1.91. The zero-order chi connectivity index (χ0) is 12.3. The fourth-order valence-electron chi connectivity index (χ4n) is 1.27. The molecule has 0 bridgehead atoms. The summed E-state index contributed by atoms with van der Waals surface area (Å²) in [6, 6.07) is 0.574. The number of hydrogen-bond donors (Lipinski definition) is 0. The van der Waals surface area contributed by atoms with Crippen molar-refractivity contribution in [3.63, 3.8) is 0 Å². The van der Waals surface area contributed by atoms with E-state index in [2.05, 4.69) is 14.2 Å². The van der Waals surface area contributed by atoms with Crippen LogP contribution in [0, 0.1) is 11.6 Å². The second kappa shape index (κ2) is 4.78. The largest absolute Gasteiger partial charge is 0.493 e. The molecule has 0 saturated heterocycles. The summed E-state index contributed by atoms with van der Waals surface area (Å²) in [5.41, 5.74) is -0.412. The van der Waals surface area contributed by atoms with Crippen LogP contribution < -0.4 is 9.47 Å². The fraction of sp³-hybridized carbons (Fsp3) is 0.300. The zero-order valence-corrected chi connectivity index (χ0v) is 8.97. The first-order chi connectivity index (χ1) is 7.56. The number of methoxy groups -OCH3 is 3. The number of hydrogen-bond acceptors (Lipinski definition) is 4. The molecule has 1 aromatic carbocycles. The molecule has 0 aliphatic carbocycles. The van der Waals surface area contributed by atoms with Gasteiger partial charge in [-0.3, -0.25) is 0 Å². The van der Waals surface area contributed by atoms with E-state index in [-0.39, 0.29) is 0 Å². The Bertz CT molecular complexity index is 390. The van der Waals surface area contributed by atoms with Crippen LogP contribution in [-0.4, -0.2) is 27.3 Å². The molecule has 16 heavy (non-hydrogen) atoms. The van der Waals surface area contributed by atoms with Crippen LogP contribution in [0.1, 0.15) is 10.4 Å². The molecule has 4 nitrogen and oxygen atoms in total. The van der Waals surface area contributed by atoms with Crippen molar-refractivity contribution >= 4 is 5.97 Å². The molecule has 0 fully saturated rings. The minimum absolute atomic E-state index is 0.412.